The number of fused-ring (bicyclic) bond motifs is 2. The van der Waals surface area contributed by atoms with Gasteiger partial charge in [0.05, 0.1) is 17.1 Å². The fraction of sp³-hybridized carbons (Fsp3) is 0.350. The first-order chi connectivity index (χ1) is 13.1. The number of imidazole rings is 1. The van der Waals surface area contributed by atoms with Crippen LogP contribution in [0.1, 0.15) is 52.7 Å². The number of aromatic nitrogens is 3. The molecule has 1 atom stereocenters. The third-order valence-corrected chi connectivity index (χ3v) is 5.61. The zero-order chi connectivity index (χ0) is 18.5. The number of aromatic amines is 2. The molecule has 1 aliphatic carbocycles. The molecule has 1 amide bonds. The van der Waals surface area contributed by atoms with E-state index in [-0.39, 0.29) is 28.9 Å². The molecule has 1 aromatic carbocycles. The third-order valence-electron chi connectivity index (χ3n) is 5.61. The fourth-order valence-electron chi connectivity index (χ4n) is 4.28. The first-order valence-corrected chi connectivity index (χ1v) is 9.31. The summed E-state index contributed by atoms with van der Waals surface area (Å²) < 4.78 is 13.5. The number of benzene rings is 1. The standard InChI is InChI=1S/C20H19FN4O2/c21-12-6-7-15-16(10-12)23-18(22-15)17-5-2-8-25(17)20(27)13-9-11-3-1-4-14(11)24-19(13)26/h6-7,9-10,17H,1-5,8H2,(H,22,23)(H,24,26)/t17-/m0/s1. The number of pyridine rings is 1. The molecule has 1 aliphatic heterocycles. The number of likely N-dealkylation sites (tertiary alicyclic amines) is 1. The molecule has 0 spiro atoms. The zero-order valence-corrected chi connectivity index (χ0v) is 14.7. The van der Waals surface area contributed by atoms with E-state index in [0.717, 1.165) is 43.4 Å². The van der Waals surface area contributed by atoms with E-state index in [1.165, 1.54) is 12.1 Å². The van der Waals surface area contributed by atoms with Crippen LogP contribution >= 0.6 is 0 Å². The molecule has 27 heavy (non-hydrogen) atoms. The van der Waals surface area contributed by atoms with Crippen molar-refractivity contribution >= 4 is 16.9 Å². The number of aryl methyl sites for hydroxylation is 2. The average molecular weight is 366 g/mol. The monoisotopic (exact) mass is 366 g/mol. The van der Waals surface area contributed by atoms with E-state index in [1.807, 2.05) is 0 Å². The summed E-state index contributed by atoms with van der Waals surface area (Å²) in [5.74, 6) is 0.0425. The van der Waals surface area contributed by atoms with Gasteiger partial charge in [-0.2, -0.15) is 0 Å². The smallest absolute Gasteiger partial charge is 0.261 e. The van der Waals surface area contributed by atoms with E-state index in [9.17, 15) is 14.0 Å². The average Bonchev–Trinajstić information content (AvgIpc) is 3.38. The quantitative estimate of drug-likeness (QED) is 0.732. The summed E-state index contributed by atoms with van der Waals surface area (Å²) in [7, 11) is 0. The van der Waals surface area contributed by atoms with Crippen molar-refractivity contribution in [2.75, 3.05) is 6.54 Å². The fourth-order valence-corrected chi connectivity index (χ4v) is 4.28. The molecule has 0 unspecified atom stereocenters. The molecule has 0 saturated carbocycles. The Morgan fingerprint density at radius 3 is 2.96 bits per heavy atom. The van der Waals surface area contributed by atoms with Crippen molar-refractivity contribution in [1.82, 2.24) is 19.9 Å². The van der Waals surface area contributed by atoms with Gasteiger partial charge in [0, 0.05) is 12.2 Å². The van der Waals surface area contributed by atoms with Crippen molar-refractivity contribution in [2.24, 2.45) is 0 Å². The molecule has 1 saturated heterocycles. The SMILES string of the molecule is O=C(c1cc2c([nH]c1=O)CCC2)N1CCC[C@H]1c1nc2ccc(F)cc2[nH]1. The van der Waals surface area contributed by atoms with Crippen molar-refractivity contribution in [3.63, 3.8) is 0 Å². The molecule has 3 aromatic rings. The maximum atomic E-state index is 13.5. The topological polar surface area (TPSA) is 81.8 Å². The van der Waals surface area contributed by atoms with Gasteiger partial charge in [0.2, 0.25) is 0 Å². The Kier molecular flexibility index (Phi) is 3.63. The van der Waals surface area contributed by atoms with Crippen LogP contribution in [0, 0.1) is 5.82 Å². The lowest BCUT2D eigenvalue weighted by atomic mass is 10.1. The number of hydrogen-bond acceptors (Lipinski definition) is 3. The second-order valence-corrected chi connectivity index (χ2v) is 7.31. The Hall–Kier alpha value is -2.96. The molecule has 2 aromatic heterocycles. The van der Waals surface area contributed by atoms with Crippen LogP contribution < -0.4 is 5.56 Å². The van der Waals surface area contributed by atoms with Gasteiger partial charge in [0.15, 0.2) is 0 Å². The summed E-state index contributed by atoms with van der Waals surface area (Å²) in [6.07, 6.45) is 4.36. The second kappa shape index (κ2) is 6.04. The van der Waals surface area contributed by atoms with E-state index < -0.39 is 0 Å². The second-order valence-electron chi connectivity index (χ2n) is 7.31. The molecule has 0 bridgehead atoms. The third kappa shape index (κ3) is 2.65. The van der Waals surface area contributed by atoms with Gasteiger partial charge in [0.1, 0.15) is 17.2 Å². The number of nitrogens with zero attached hydrogens (tertiary/aromatic N) is 2. The van der Waals surface area contributed by atoms with E-state index in [4.69, 9.17) is 0 Å². The number of hydrogen-bond donors (Lipinski definition) is 2. The molecule has 2 N–H and O–H groups in total. The molecule has 7 heteroatoms. The number of amides is 1. The van der Waals surface area contributed by atoms with Crippen molar-refractivity contribution in [1.29, 1.82) is 0 Å². The summed E-state index contributed by atoms with van der Waals surface area (Å²) in [4.78, 5) is 37.8. The maximum absolute atomic E-state index is 13.5. The van der Waals surface area contributed by atoms with Crippen molar-refractivity contribution < 1.29 is 9.18 Å². The predicted molar refractivity (Wildman–Crippen MR) is 98.2 cm³/mol. The molecule has 0 radical (unpaired) electrons. The molecule has 138 valence electrons. The molecule has 6 nitrogen and oxygen atoms in total. The van der Waals surface area contributed by atoms with Crippen molar-refractivity contribution in [3.8, 4) is 0 Å². The molecule has 3 heterocycles. The minimum atomic E-state index is -0.332. The minimum absolute atomic E-state index is 0.199. The van der Waals surface area contributed by atoms with Gasteiger partial charge in [-0.1, -0.05) is 0 Å². The number of H-pyrrole nitrogens is 2. The molecular formula is C20H19FN4O2. The van der Waals surface area contributed by atoms with Gasteiger partial charge in [-0.15, -0.1) is 0 Å². The number of carbonyl (C=O) groups is 1. The summed E-state index contributed by atoms with van der Waals surface area (Å²) >= 11 is 0. The van der Waals surface area contributed by atoms with Crippen molar-refractivity contribution in [3.05, 3.63) is 63.1 Å². The number of nitrogens with one attached hydrogen (secondary N) is 2. The van der Waals surface area contributed by atoms with Crippen LogP contribution in [0.25, 0.3) is 11.0 Å². The Labute approximate surface area is 154 Å². The van der Waals surface area contributed by atoms with Crippen molar-refractivity contribution in [2.45, 2.75) is 38.1 Å². The lowest BCUT2D eigenvalue weighted by molar-refractivity contribution is 0.0728. The van der Waals surface area contributed by atoms with Gasteiger partial charge in [-0.25, -0.2) is 9.37 Å². The lowest BCUT2D eigenvalue weighted by Gasteiger charge is -2.23. The first kappa shape index (κ1) is 16.2. The number of rotatable bonds is 2. The summed E-state index contributed by atoms with van der Waals surface area (Å²) in [6.45, 7) is 0.575. The summed E-state index contributed by atoms with van der Waals surface area (Å²) in [5, 5.41) is 0. The summed E-state index contributed by atoms with van der Waals surface area (Å²) in [6, 6.07) is 5.91. The van der Waals surface area contributed by atoms with E-state index in [0.29, 0.717) is 23.4 Å². The maximum Gasteiger partial charge on any atom is 0.261 e. The van der Waals surface area contributed by atoms with Gasteiger partial charge in [0.25, 0.3) is 11.5 Å². The van der Waals surface area contributed by atoms with Crippen LogP contribution in [-0.4, -0.2) is 32.3 Å². The lowest BCUT2D eigenvalue weighted by Crippen LogP contribution is -2.35. The Balaban J connectivity index is 1.50. The highest BCUT2D eigenvalue weighted by atomic mass is 19.1. The Morgan fingerprint density at radius 1 is 1.19 bits per heavy atom. The van der Waals surface area contributed by atoms with Crippen LogP contribution in [0.5, 0.6) is 0 Å². The predicted octanol–water partition coefficient (Wildman–Crippen LogP) is 2.86. The highest BCUT2D eigenvalue weighted by molar-refractivity contribution is 5.94. The zero-order valence-electron chi connectivity index (χ0n) is 14.7. The normalized spacial score (nSPS) is 19.0. The van der Waals surface area contributed by atoms with Gasteiger partial charge in [-0.05, 0) is 61.9 Å². The van der Waals surface area contributed by atoms with Crippen LogP contribution in [0.3, 0.4) is 0 Å². The highest BCUT2D eigenvalue weighted by Crippen LogP contribution is 2.32. The summed E-state index contributed by atoms with van der Waals surface area (Å²) in [5.41, 5.74) is 3.17. The van der Waals surface area contributed by atoms with Gasteiger partial charge in [-0.3, -0.25) is 9.59 Å². The highest BCUT2D eigenvalue weighted by Gasteiger charge is 2.34. The van der Waals surface area contributed by atoms with Crippen LogP contribution in [0.4, 0.5) is 4.39 Å². The Morgan fingerprint density at radius 2 is 2.07 bits per heavy atom. The van der Waals surface area contributed by atoms with Crippen LogP contribution in [0.2, 0.25) is 0 Å². The molecule has 2 aliphatic rings. The molecule has 1 fully saturated rings. The Bertz CT molecular complexity index is 1120. The molecule has 5 rings (SSSR count). The number of halogens is 1. The van der Waals surface area contributed by atoms with Crippen LogP contribution in [-0.2, 0) is 12.8 Å². The molecular weight excluding hydrogens is 347 g/mol. The largest absolute Gasteiger partial charge is 0.340 e. The van der Waals surface area contributed by atoms with E-state index in [1.54, 1.807) is 17.0 Å². The van der Waals surface area contributed by atoms with Gasteiger partial charge < -0.3 is 14.9 Å². The van der Waals surface area contributed by atoms with Gasteiger partial charge >= 0.3 is 0 Å². The van der Waals surface area contributed by atoms with E-state index >= 15 is 0 Å². The van der Waals surface area contributed by atoms with E-state index in [2.05, 4.69) is 15.0 Å². The van der Waals surface area contributed by atoms with Crippen LogP contribution in [0.15, 0.2) is 29.1 Å². The first-order valence-electron chi connectivity index (χ1n) is 9.31. The minimum Gasteiger partial charge on any atom is -0.340 e. The number of carbonyl (C=O) groups excluding carboxylic acids is 1.